The van der Waals surface area contributed by atoms with Gasteiger partial charge in [0.15, 0.2) is 0 Å². The van der Waals surface area contributed by atoms with Gasteiger partial charge in [-0.05, 0) is 38.6 Å². The third kappa shape index (κ3) is 3.80. The predicted molar refractivity (Wildman–Crippen MR) is 54.2 cm³/mol. The Morgan fingerprint density at radius 2 is 2.46 bits per heavy atom. The molecule has 13 heavy (non-hydrogen) atoms. The number of hydrogen-bond donors (Lipinski definition) is 1. The van der Waals surface area contributed by atoms with Gasteiger partial charge in [0, 0.05) is 12.2 Å². The molecule has 1 unspecified atom stereocenters. The molecule has 1 atom stereocenters. The summed E-state index contributed by atoms with van der Waals surface area (Å²) in [6.07, 6.45) is 6.77. The largest absolute Gasteiger partial charge is 0.317 e. The standard InChI is InChI=1S/C10H15N3/c1-9(11-2)5-3-6-10-7-4-8-12-13-10/h3-4,6-9,11H,5H2,1-2H3/b6-3+. The van der Waals surface area contributed by atoms with E-state index in [2.05, 4.69) is 28.5 Å². The molecular weight excluding hydrogens is 162 g/mol. The van der Waals surface area contributed by atoms with Crippen LogP contribution in [0.3, 0.4) is 0 Å². The van der Waals surface area contributed by atoms with E-state index in [0.29, 0.717) is 6.04 Å². The smallest absolute Gasteiger partial charge is 0.0854 e. The molecule has 0 aliphatic carbocycles. The van der Waals surface area contributed by atoms with Crippen LogP contribution in [0.2, 0.25) is 0 Å². The van der Waals surface area contributed by atoms with Gasteiger partial charge in [-0.3, -0.25) is 0 Å². The highest BCUT2D eigenvalue weighted by molar-refractivity contribution is 5.42. The van der Waals surface area contributed by atoms with E-state index in [1.807, 2.05) is 25.3 Å². The fourth-order valence-electron chi connectivity index (χ4n) is 0.913. The van der Waals surface area contributed by atoms with Crippen molar-refractivity contribution in [2.24, 2.45) is 0 Å². The summed E-state index contributed by atoms with van der Waals surface area (Å²) >= 11 is 0. The fourth-order valence-corrected chi connectivity index (χ4v) is 0.913. The molecule has 70 valence electrons. The van der Waals surface area contributed by atoms with Crippen LogP contribution in [-0.2, 0) is 0 Å². The van der Waals surface area contributed by atoms with Gasteiger partial charge in [-0.15, -0.1) is 0 Å². The minimum absolute atomic E-state index is 0.507. The molecule has 3 nitrogen and oxygen atoms in total. The minimum atomic E-state index is 0.507. The highest BCUT2D eigenvalue weighted by atomic mass is 15.1. The molecule has 0 saturated heterocycles. The van der Waals surface area contributed by atoms with Crippen LogP contribution in [0.4, 0.5) is 0 Å². The average Bonchev–Trinajstić information content (AvgIpc) is 2.19. The number of rotatable bonds is 4. The second-order valence-corrected chi connectivity index (χ2v) is 2.98. The first-order valence-corrected chi connectivity index (χ1v) is 4.44. The Labute approximate surface area is 78.9 Å². The van der Waals surface area contributed by atoms with Crippen LogP contribution >= 0.6 is 0 Å². The number of aromatic nitrogens is 2. The van der Waals surface area contributed by atoms with Crippen LogP contribution < -0.4 is 5.32 Å². The average molecular weight is 177 g/mol. The van der Waals surface area contributed by atoms with E-state index in [9.17, 15) is 0 Å². The first-order chi connectivity index (χ1) is 6.33. The van der Waals surface area contributed by atoms with Crippen molar-refractivity contribution in [3.63, 3.8) is 0 Å². The maximum atomic E-state index is 3.94. The van der Waals surface area contributed by atoms with Crippen LogP contribution in [-0.4, -0.2) is 23.3 Å². The van der Waals surface area contributed by atoms with Gasteiger partial charge >= 0.3 is 0 Å². The lowest BCUT2D eigenvalue weighted by Gasteiger charge is -2.04. The Balaban J connectivity index is 2.41. The van der Waals surface area contributed by atoms with Gasteiger partial charge in [0.25, 0.3) is 0 Å². The molecule has 0 aromatic carbocycles. The van der Waals surface area contributed by atoms with Crippen molar-refractivity contribution in [1.82, 2.24) is 15.5 Å². The van der Waals surface area contributed by atoms with Gasteiger partial charge in [-0.2, -0.15) is 10.2 Å². The molecule has 0 bridgehead atoms. The zero-order valence-electron chi connectivity index (χ0n) is 8.07. The van der Waals surface area contributed by atoms with Crippen molar-refractivity contribution in [3.8, 4) is 0 Å². The molecule has 1 N–H and O–H groups in total. The Morgan fingerprint density at radius 1 is 1.62 bits per heavy atom. The highest BCUT2D eigenvalue weighted by Gasteiger charge is 1.92. The molecule has 1 aromatic rings. The Hall–Kier alpha value is -1.22. The third-order valence-corrected chi connectivity index (χ3v) is 1.86. The first kappa shape index (κ1) is 9.86. The van der Waals surface area contributed by atoms with Crippen LogP contribution in [0.15, 0.2) is 24.4 Å². The van der Waals surface area contributed by atoms with Crippen LogP contribution in [0.25, 0.3) is 6.08 Å². The van der Waals surface area contributed by atoms with Gasteiger partial charge in [0.1, 0.15) is 0 Å². The Bertz CT molecular complexity index is 256. The maximum absolute atomic E-state index is 3.94. The summed E-state index contributed by atoms with van der Waals surface area (Å²) in [7, 11) is 1.96. The van der Waals surface area contributed by atoms with Gasteiger partial charge in [0.2, 0.25) is 0 Å². The predicted octanol–water partition coefficient (Wildman–Crippen LogP) is 1.49. The molecule has 0 radical (unpaired) electrons. The molecule has 0 saturated carbocycles. The Kier molecular flexibility index (Phi) is 4.12. The highest BCUT2D eigenvalue weighted by Crippen LogP contribution is 1.98. The molecule has 1 heterocycles. The maximum Gasteiger partial charge on any atom is 0.0854 e. The molecular formula is C10H15N3. The van der Waals surface area contributed by atoms with Crippen LogP contribution in [0.5, 0.6) is 0 Å². The van der Waals surface area contributed by atoms with Gasteiger partial charge < -0.3 is 5.32 Å². The molecule has 1 aromatic heterocycles. The fraction of sp³-hybridized carbons (Fsp3) is 0.400. The SMILES string of the molecule is CNC(C)C/C=C/c1cccnn1. The first-order valence-electron chi connectivity index (χ1n) is 4.44. The molecule has 0 aliphatic rings. The van der Waals surface area contributed by atoms with Gasteiger partial charge in [-0.25, -0.2) is 0 Å². The zero-order chi connectivity index (χ0) is 9.52. The zero-order valence-corrected chi connectivity index (χ0v) is 8.07. The summed E-state index contributed by atoms with van der Waals surface area (Å²) in [6, 6.07) is 4.33. The molecule has 0 spiro atoms. The minimum Gasteiger partial charge on any atom is -0.317 e. The normalized spacial score (nSPS) is 13.4. The molecule has 0 fully saturated rings. The Morgan fingerprint density at radius 3 is 3.08 bits per heavy atom. The molecule has 3 heteroatoms. The van der Waals surface area contributed by atoms with Crippen molar-refractivity contribution in [2.75, 3.05) is 7.05 Å². The van der Waals surface area contributed by atoms with E-state index in [1.165, 1.54) is 0 Å². The van der Waals surface area contributed by atoms with Crippen molar-refractivity contribution in [2.45, 2.75) is 19.4 Å². The van der Waals surface area contributed by atoms with Crippen molar-refractivity contribution >= 4 is 6.08 Å². The lowest BCUT2D eigenvalue weighted by atomic mass is 10.2. The van der Waals surface area contributed by atoms with E-state index in [4.69, 9.17) is 0 Å². The number of nitrogens with zero attached hydrogens (tertiary/aromatic N) is 2. The summed E-state index contributed by atoms with van der Waals surface area (Å²) in [5.41, 5.74) is 0.908. The van der Waals surface area contributed by atoms with E-state index < -0.39 is 0 Å². The summed E-state index contributed by atoms with van der Waals surface area (Å²) in [6.45, 7) is 2.14. The lowest BCUT2D eigenvalue weighted by molar-refractivity contribution is 0.620. The molecule has 0 amide bonds. The van der Waals surface area contributed by atoms with E-state index >= 15 is 0 Å². The van der Waals surface area contributed by atoms with Crippen LogP contribution in [0, 0.1) is 0 Å². The third-order valence-electron chi connectivity index (χ3n) is 1.86. The quantitative estimate of drug-likeness (QED) is 0.757. The molecule has 0 aliphatic heterocycles. The van der Waals surface area contributed by atoms with Gasteiger partial charge in [0.05, 0.1) is 5.69 Å². The second-order valence-electron chi connectivity index (χ2n) is 2.98. The number of hydrogen-bond acceptors (Lipinski definition) is 3. The summed E-state index contributed by atoms with van der Waals surface area (Å²) in [5, 5.41) is 10.9. The van der Waals surface area contributed by atoms with E-state index in [1.54, 1.807) is 6.20 Å². The van der Waals surface area contributed by atoms with E-state index in [0.717, 1.165) is 12.1 Å². The summed E-state index contributed by atoms with van der Waals surface area (Å²) < 4.78 is 0. The lowest BCUT2D eigenvalue weighted by Crippen LogP contribution is -2.19. The van der Waals surface area contributed by atoms with Crippen molar-refractivity contribution < 1.29 is 0 Å². The monoisotopic (exact) mass is 177 g/mol. The second kappa shape index (κ2) is 5.43. The topological polar surface area (TPSA) is 37.8 Å². The number of nitrogens with one attached hydrogen (secondary N) is 1. The van der Waals surface area contributed by atoms with Gasteiger partial charge in [-0.1, -0.05) is 6.08 Å². The van der Waals surface area contributed by atoms with E-state index in [-0.39, 0.29) is 0 Å². The summed E-state index contributed by atoms with van der Waals surface area (Å²) in [5.74, 6) is 0. The van der Waals surface area contributed by atoms with Crippen molar-refractivity contribution in [3.05, 3.63) is 30.1 Å². The molecule has 1 rings (SSSR count). The summed E-state index contributed by atoms with van der Waals surface area (Å²) in [4.78, 5) is 0. The van der Waals surface area contributed by atoms with Crippen molar-refractivity contribution in [1.29, 1.82) is 0 Å². The van der Waals surface area contributed by atoms with Crippen LogP contribution in [0.1, 0.15) is 19.0 Å².